The summed E-state index contributed by atoms with van der Waals surface area (Å²) in [5.41, 5.74) is 0.0740. The lowest BCUT2D eigenvalue weighted by atomic mass is 9.94. The summed E-state index contributed by atoms with van der Waals surface area (Å²) in [6.45, 7) is 7.94. The van der Waals surface area contributed by atoms with Gasteiger partial charge in [0.2, 0.25) is 0 Å². The van der Waals surface area contributed by atoms with E-state index in [0.717, 1.165) is 5.56 Å². The molecule has 0 bridgehead atoms. The van der Waals surface area contributed by atoms with E-state index in [0.29, 0.717) is 11.4 Å². The number of likely N-dealkylation sites (N-methyl/N-ethyl adjacent to an activating group) is 1. The van der Waals surface area contributed by atoms with E-state index in [2.05, 4.69) is 16.0 Å². The highest BCUT2D eigenvalue weighted by atomic mass is 16.5. The van der Waals surface area contributed by atoms with Crippen LogP contribution in [0.2, 0.25) is 0 Å². The Bertz CT molecular complexity index is 659. The minimum Gasteiger partial charge on any atom is -0.462 e. The predicted molar refractivity (Wildman–Crippen MR) is 93.4 cm³/mol. The first kappa shape index (κ1) is 17.8. The number of allylic oxidation sites excluding steroid dienone is 1. The molecule has 130 valence electrons. The summed E-state index contributed by atoms with van der Waals surface area (Å²) >= 11 is 0. The molecular formula is C18H25N3O3. The number of hydrogen-bond donors (Lipinski definition) is 3. The maximum absolute atomic E-state index is 12.3. The fourth-order valence-electron chi connectivity index (χ4n) is 2.42. The standard InChI is InChI=1S/C18H25N3O3/c1-12-6-8-13(9-7-12)20-16(23)21-18(15(22)19-5)11-10-14(24-18)17(2,3)4/h6-10H,11H2,1-5H3,(H,19,22)(H2,20,21,23). The molecule has 1 heterocycles. The fraction of sp³-hybridized carbons (Fsp3) is 0.444. The summed E-state index contributed by atoms with van der Waals surface area (Å²) in [6.07, 6.45) is 2.13. The number of urea groups is 1. The van der Waals surface area contributed by atoms with Gasteiger partial charge in [0.25, 0.3) is 11.6 Å². The Labute approximate surface area is 142 Å². The Balaban J connectivity index is 2.12. The molecule has 1 unspecified atom stereocenters. The second kappa shape index (κ2) is 6.55. The monoisotopic (exact) mass is 331 g/mol. The van der Waals surface area contributed by atoms with Crippen molar-refractivity contribution in [3.63, 3.8) is 0 Å². The number of nitrogens with one attached hydrogen (secondary N) is 3. The molecule has 0 aromatic heterocycles. The van der Waals surface area contributed by atoms with Gasteiger partial charge in [-0.1, -0.05) is 38.5 Å². The quantitative estimate of drug-likeness (QED) is 0.797. The molecule has 1 aromatic rings. The Kier molecular flexibility index (Phi) is 4.87. The van der Waals surface area contributed by atoms with Gasteiger partial charge in [0.1, 0.15) is 5.76 Å². The molecule has 1 atom stereocenters. The topological polar surface area (TPSA) is 79.5 Å². The van der Waals surface area contributed by atoms with E-state index in [-0.39, 0.29) is 11.8 Å². The first-order valence-electron chi connectivity index (χ1n) is 7.94. The zero-order valence-electron chi connectivity index (χ0n) is 14.8. The van der Waals surface area contributed by atoms with Crippen molar-refractivity contribution in [3.05, 3.63) is 41.7 Å². The molecule has 24 heavy (non-hydrogen) atoms. The van der Waals surface area contributed by atoms with Crippen LogP contribution in [0, 0.1) is 12.3 Å². The van der Waals surface area contributed by atoms with Crippen molar-refractivity contribution in [1.29, 1.82) is 0 Å². The van der Waals surface area contributed by atoms with Crippen LogP contribution in [0.25, 0.3) is 0 Å². The molecule has 1 aromatic carbocycles. The van der Waals surface area contributed by atoms with Crippen molar-refractivity contribution in [1.82, 2.24) is 10.6 Å². The van der Waals surface area contributed by atoms with Crippen LogP contribution in [-0.4, -0.2) is 24.7 Å². The number of aryl methyl sites for hydroxylation is 1. The predicted octanol–water partition coefficient (Wildman–Crippen LogP) is 2.91. The third kappa shape index (κ3) is 3.88. The summed E-state index contributed by atoms with van der Waals surface area (Å²) in [5, 5.41) is 7.95. The van der Waals surface area contributed by atoms with Gasteiger partial charge in [0, 0.05) is 24.6 Å². The van der Waals surface area contributed by atoms with Gasteiger partial charge in [-0.05, 0) is 25.1 Å². The third-order valence-electron chi connectivity index (χ3n) is 3.82. The molecule has 0 fully saturated rings. The van der Waals surface area contributed by atoms with E-state index < -0.39 is 17.7 Å². The number of anilines is 1. The van der Waals surface area contributed by atoms with E-state index in [4.69, 9.17) is 4.74 Å². The van der Waals surface area contributed by atoms with Gasteiger partial charge in [0.15, 0.2) is 0 Å². The van der Waals surface area contributed by atoms with Crippen LogP contribution in [0.4, 0.5) is 10.5 Å². The van der Waals surface area contributed by atoms with Gasteiger partial charge in [-0.15, -0.1) is 0 Å². The summed E-state index contributed by atoms with van der Waals surface area (Å²) in [5.74, 6) is 0.291. The highest BCUT2D eigenvalue weighted by molar-refractivity contribution is 5.95. The lowest BCUT2D eigenvalue weighted by Gasteiger charge is -2.31. The van der Waals surface area contributed by atoms with Crippen molar-refractivity contribution < 1.29 is 14.3 Å². The lowest BCUT2D eigenvalue weighted by molar-refractivity contribution is -0.142. The van der Waals surface area contributed by atoms with Gasteiger partial charge in [-0.2, -0.15) is 0 Å². The van der Waals surface area contributed by atoms with E-state index in [9.17, 15) is 9.59 Å². The van der Waals surface area contributed by atoms with Crippen molar-refractivity contribution in [2.45, 2.75) is 39.8 Å². The zero-order chi connectivity index (χ0) is 18.0. The maximum Gasteiger partial charge on any atom is 0.322 e. The van der Waals surface area contributed by atoms with Crippen LogP contribution in [0.5, 0.6) is 0 Å². The first-order valence-corrected chi connectivity index (χ1v) is 7.94. The SMILES string of the molecule is CNC(=O)C1(NC(=O)Nc2ccc(C)cc2)CC=C(C(C)(C)C)O1. The van der Waals surface area contributed by atoms with Gasteiger partial charge >= 0.3 is 6.03 Å². The first-order chi connectivity index (χ1) is 11.2. The number of hydrogen-bond acceptors (Lipinski definition) is 3. The highest BCUT2D eigenvalue weighted by Crippen LogP contribution is 2.37. The van der Waals surface area contributed by atoms with Gasteiger partial charge in [-0.25, -0.2) is 4.79 Å². The average Bonchev–Trinajstić information content (AvgIpc) is 2.94. The molecule has 6 nitrogen and oxygen atoms in total. The Morgan fingerprint density at radius 3 is 2.29 bits per heavy atom. The van der Waals surface area contributed by atoms with Gasteiger partial charge in [-0.3, -0.25) is 10.1 Å². The molecule has 0 spiro atoms. The second-order valence-electron chi connectivity index (χ2n) is 6.98. The molecule has 1 aliphatic rings. The Morgan fingerprint density at radius 2 is 1.79 bits per heavy atom. The van der Waals surface area contributed by atoms with E-state index in [1.54, 1.807) is 12.1 Å². The Hall–Kier alpha value is -2.50. The van der Waals surface area contributed by atoms with Crippen LogP contribution >= 0.6 is 0 Å². The summed E-state index contributed by atoms with van der Waals surface area (Å²) in [6, 6.07) is 6.90. The number of carbonyl (C=O) groups is 2. The lowest BCUT2D eigenvalue weighted by Crippen LogP contribution is -2.59. The second-order valence-corrected chi connectivity index (χ2v) is 6.98. The molecule has 6 heteroatoms. The highest BCUT2D eigenvalue weighted by Gasteiger charge is 2.47. The minimum atomic E-state index is -1.42. The molecule has 0 saturated heterocycles. The van der Waals surface area contributed by atoms with Crippen molar-refractivity contribution in [2.75, 3.05) is 12.4 Å². The van der Waals surface area contributed by atoms with Crippen LogP contribution in [0.1, 0.15) is 32.8 Å². The van der Waals surface area contributed by atoms with Crippen molar-refractivity contribution >= 4 is 17.6 Å². The molecule has 1 aliphatic heterocycles. The zero-order valence-corrected chi connectivity index (χ0v) is 14.8. The van der Waals surface area contributed by atoms with Crippen LogP contribution in [0.15, 0.2) is 36.1 Å². The number of ether oxygens (including phenoxy) is 1. The summed E-state index contributed by atoms with van der Waals surface area (Å²) in [4.78, 5) is 24.7. The summed E-state index contributed by atoms with van der Waals surface area (Å²) < 4.78 is 5.87. The molecule has 3 amide bonds. The van der Waals surface area contributed by atoms with Gasteiger partial charge < -0.3 is 15.4 Å². The number of amides is 3. The Morgan fingerprint density at radius 1 is 1.17 bits per heavy atom. The van der Waals surface area contributed by atoms with Crippen LogP contribution in [0.3, 0.4) is 0 Å². The molecular weight excluding hydrogens is 306 g/mol. The van der Waals surface area contributed by atoms with Crippen molar-refractivity contribution in [3.8, 4) is 0 Å². The minimum absolute atomic E-state index is 0.245. The van der Waals surface area contributed by atoms with Gasteiger partial charge in [0.05, 0.1) is 0 Å². The number of rotatable bonds is 3. The molecule has 0 saturated carbocycles. The molecule has 0 aliphatic carbocycles. The molecule has 3 N–H and O–H groups in total. The van der Waals surface area contributed by atoms with Crippen LogP contribution in [-0.2, 0) is 9.53 Å². The largest absolute Gasteiger partial charge is 0.462 e. The third-order valence-corrected chi connectivity index (χ3v) is 3.82. The average molecular weight is 331 g/mol. The normalized spacial score (nSPS) is 20.0. The molecule has 0 radical (unpaired) electrons. The van der Waals surface area contributed by atoms with E-state index in [1.807, 2.05) is 45.9 Å². The van der Waals surface area contributed by atoms with E-state index in [1.165, 1.54) is 7.05 Å². The van der Waals surface area contributed by atoms with Crippen molar-refractivity contribution in [2.24, 2.45) is 5.41 Å². The summed E-state index contributed by atoms with van der Waals surface area (Å²) in [7, 11) is 1.52. The van der Waals surface area contributed by atoms with Crippen LogP contribution < -0.4 is 16.0 Å². The van der Waals surface area contributed by atoms with E-state index >= 15 is 0 Å². The maximum atomic E-state index is 12.3. The number of carbonyl (C=O) groups excluding carboxylic acids is 2. The smallest absolute Gasteiger partial charge is 0.322 e. The number of benzene rings is 1. The molecule has 2 rings (SSSR count). The fourth-order valence-corrected chi connectivity index (χ4v) is 2.42.